The Morgan fingerprint density at radius 1 is 1.00 bits per heavy atom. The summed E-state index contributed by atoms with van der Waals surface area (Å²) in [6.45, 7) is 2.10. The quantitative estimate of drug-likeness (QED) is 0.516. The summed E-state index contributed by atoms with van der Waals surface area (Å²) >= 11 is 0. The molecule has 0 rings (SSSR count). The minimum atomic E-state index is -3.87. The van der Waals surface area contributed by atoms with Crippen molar-refractivity contribution in [3.63, 3.8) is 0 Å². The average Bonchev–Trinajstić information content (AvgIpc) is 2.17. The fraction of sp³-hybridized carbons (Fsp3) is 1.00. The van der Waals surface area contributed by atoms with Crippen LogP contribution in [0.2, 0.25) is 0 Å². The smallest absolute Gasteiger partial charge is 0.318 e. The first kappa shape index (κ1) is 15.5. The molecule has 0 aromatic heterocycles. The van der Waals surface area contributed by atoms with E-state index in [1.807, 2.05) is 13.8 Å². The molecular formula is C10H25O3PS. The maximum atomic E-state index is 11.5. The minimum Gasteiger partial charge on any atom is -0.318 e. The third-order valence-electron chi connectivity index (χ3n) is 2.96. The lowest BCUT2D eigenvalue weighted by atomic mass is 10.2. The molecule has 3 nitrogen and oxygen atoms in total. The number of unbranched alkanes of at least 4 members (excludes halogenated alkanes) is 3. The molecule has 0 spiro atoms. The Bertz CT molecular complexity index is 211. The lowest BCUT2D eigenvalue weighted by Gasteiger charge is -2.38. The van der Waals surface area contributed by atoms with Crippen LogP contribution >= 0.6 is 16.4 Å². The highest BCUT2D eigenvalue weighted by atomic mass is 32.8. The maximum absolute atomic E-state index is 11.5. The van der Waals surface area contributed by atoms with Gasteiger partial charge in [-0.3, -0.25) is 0 Å². The SMILES string of the molecule is CCCCCCS(CC)(CC)P(=O)(O)O. The van der Waals surface area contributed by atoms with E-state index in [1.54, 1.807) is 0 Å². The molecule has 0 amide bonds. The molecule has 0 fully saturated rings. The third kappa shape index (κ3) is 4.48. The summed E-state index contributed by atoms with van der Waals surface area (Å²) in [5.41, 5.74) is 0. The molecule has 0 aromatic rings. The Balaban J connectivity index is 4.33. The van der Waals surface area contributed by atoms with Gasteiger partial charge in [0.25, 0.3) is 0 Å². The van der Waals surface area contributed by atoms with Crippen LogP contribution in [0.1, 0.15) is 46.5 Å². The van der Waals surface area contributed by atoms with Crippen molar-refractivity contribution in [2.75, 3.05) is 17.3 Å². The van der Waals surface area contributed by atoms with Crippen molar-refractivity contribution in [1.82, 2.24) is 0 Å². The summed E-state index contributed by atoms with van der Waals surface area (Å²) in [6, 6.07) is 0. The van der Waals surface area contributed by atoms with E-state index in [4.69, 9.17) is 0 Å². The van der Waals surface area contributed by atoms with E-state index in [9.17, 15) is 14.4 Å². The Morgan fingerprint density at radius 3 is 1.87 bits per heavy atom. The molecule has 15 heavy (non-hydrogen) atoms. The first-order valence-corrected chi connectivity index (χ1v) is 10.1. The Labute approximate surface area is 94.9 Å². The summed E-state index contributed by atoms with van der Waals surface area (Å²) in [6.07, 6.45) is 4.40. The van der Waals surface area contributed by atoms with Crippen molar-refractivity contribution in [3.05, 3.63) is 0 Å². The molecule has 0 saturated carbocycles. The van der Waals surface area contributed by atoms with Crippen LogP contribution in [0.5, 0.6) is 0 Å². The van der Waals surface area contributed by atoms with Crippen molar-refractivity contribution < 1.29 is 14.4 Å². The first-order valence-electron chi connectivity index (χ1n) is 5.75. The van der Waals surface area contributed by atoms with Gasteiger partial charge < -0.3 is 9.79 Å². The second-order valence-corrected chi connectivity index (χ2v) is 12.1. The van der Waals surface area contributed by atoms with Crippen molar-refractivity contribution >= 4 is 16.4 Å². The predicted molar refractivity (Wildman–Crippen MR) is 69.7 cm³/mol. The van der Waals surface area contributed by atoms with Crippen LogP contribution < -0.4 is 0 Å². The molecule has 0 bridgehead atoms. The normalized spacial score (nSPS) is 14.2. The van der Waals surface area contributed by atoms with Crippen LogP contribution in [0.4, 0.5) is 0 Å². The van der Waals surface area contributed by atoms with Crippen molar-refractivity contribution in [3.8, 4) is 0 Å². The molecule has 0 heterocycles. The van der Waals surface area contributed by atoms with Gasteiger partial charge in [-0.25, -0.2) is 4.57 Å². The van der Waals surface area contributed by atoms with E-state index < -0.39 is 16.4 Å². The van der Waals surface area contributed by atoms with E-state index in [0.29, 0.717) is 11.5 Å². The van der Waals surface area contributed by atoms with Crippen LogP contribution in [0.15, 0.2) is 0 Å². The zero-order chi connectivity index (χ0) is 11.9. The highest BCUT2D eigenvalue weighted by Crippen LogP contribution is 2.76. The van der Waals surface area contributed by atoms with E-state index in [1.165, 1.54) is 6.42 Å². The fourth-order valence-electron chi connectivity index (χ4n) is 1.75. The lowest BCUT2D eigenvalue weighted by Crippen LogP contribution is -2.11. The Kier molecular flexibility index (Phi) is 7.18. The van der Waals surface area contributed by atoms with Crippen molar-refractivity contribution in [2.45, 2.75) is 46.5 Å². The third-order valence-corrected chi connectivity index (χ3v) is 12.3. The van der Waals surface area contributed by atoms with Gasteiger partial charge in [-0.05, 0) is 23.7 Å². The fourth-order valence-corrected chi connectivity index (χ4v) is 7.50. The van der Waals surface area contributed by atoms with Crippen molar-refractivity contribution in [2.24, 2.45) is 0 Å². The zero-order valence-electron chi connectivity index (χ0n) is 10.1. The van der Waals surface area contributed by atoms with Gasteiger partial charge in [-0.2, -0.15) is 0 Å². The number of hydrogen-bond acceptors (Lipinski definition) is 1. The van der Waals surface area contributed by atoms with Crippen molar-refractivity contribution in [1.29, 1.82) is 0 Å². The second-order valence-electron chi connectivity index (χ2n) is 3.83. The van der Waals surface area contributed by atoms with Gasteiger partial charge in [0, 0.05) is 0 Å². The van der Waals surface area contributed by atoms with E-state index in [0.717, 1.165) is 25.0 Å². The Morgan fingerprint density at radius 2 is 1.53 bits per heavy atom. The molecule has 2 N–H and O–H groups in total. The van der Waals surface area contributed by atoms with Crippen LogP contribution in [-0.4, -0.2) is 27.0 Å². The summed E-state index contributed by atoms with van der Waals surface area (Å²) in [5.74, 6) is 2.05. The van der Waals surface area contributed by atoms with Gasteiger partial charge in [0.05, 0.1) is 0 Å². The molecule has 5 heteroatoms. The maximum Gasteiger partial charge on any atom is 0.366 e. The van der Waals surface area contributed by atoms with Crippen LogP contribution in [0.25, 0.3) is 0 Å². The molecule has 0 aliphatic rings. The standard InChI is InChI=1S/C10H25O3PS/c1-4-7-8-9-10-15(5-2,6-3)14(11,12)13/h4-10H2,1-3H3,(H2,11,12,13). The molecule has 0 radical (unpaired) electrons. The summed E-state index contributed by atoms with van der Waals surface area (Å²) in [7, 11) is -1.70. The van der Waals surface area contributed by atoms with Gasteiger partial charge in [-0.15, -0.1) is 9.65 Å². The molecule has 0 aliphatic heterocycles. The van der Waals surface area contributed by atoms with Gasteiger partial charge in [0.2, 0.25) is 0 Å². The molecule has 0 atom stereocenters. The van der Waals surface area contributed by atoms with Gasteiger partial charge in [-0.1, -0.05) is 40.0 Å². The van der Waals surface area contributed by atoms with E-state index in [2.05, 4.69) is 6.92 Å². The molecule has 0 aromatic carbocycles. The first-order chi connectivity index (χ1) is 6.93. The lowest BCUT2D eigenvalue weighted by molar-refractivity contribution is 0.395. The monoisotopic (exact) mass is 256 g/mol. The Hall–Kier alpha value is 0.500. The van der Waals surface area contributed by atoms with Crippen LogP contribution in [-0.2, 0) is 4.57 Å². The number of hydrogen-bond donors (Lipinski definition) is 2. The summed E-state index contributed by atoms with van der Waals surface area (Å²) in [5, 5.41) is 0. The largest absolute Gasteiger partial charge is 0.366 e. The summed E-state index contributed by atoms with van der Waals surface area (Å²) < 4.78 is 11.5. The molecule has 0 unspecified atom stereocenters. The van der Waals surface area contributed by atoms with E-state index in [-0.39, 0.29) is 0 Å². The molecular weight excluding hydrogens is 231 g/mol. The molecule has 0 aliphatic carbocycles. The van der Waals surface area contributed by atoms with Crippen LogP contribution in [0.3, 0.4) is 0 Å². The molecule has 0 saturated heterocycles. The highest BCUT2D eigenvalue weighted by Gasteiger charge is 2.37. The molecule has 94 valence electrons. The average molecular weight is 256 g/mol. The summed E-state index contributed by atoms with van der Waals surface area (Å²) in [4.78, 5) is 18.9. The van der Waals surface area contributed by atoms with Crippen LogP contribution in [0, 0.1) is 0 Å². The van der Waals surface area contributed by atoms with Gasteiger partial charge in [0.15, 0.2) is 0 Å². The van der Waals surface area contributed by atoms with Gasteiger partial charge in [0.1, 0.15) is 0 Å². The van der Waals surface area contributed by atoms with Gasteiger partial charge >= 0.3 is 6.80 Å². The zero-order valence-corrected chi connectivity index (χ0v) is 11.8. The van der Waals surface area contributed by atoms with E-state index >= 15 is 0 Å². The highest BCUT2D eigenvalue weighted by molar-refractivity contribution is 8.76. The minimum absolute atomic E-state index is 0.653. The number of rotatable bonds is 8. The topological polar surface area (TPSA) is 57.5 Å². The second kappa shape index (κ2) is 6.95. The predicted octanol–water partition coefficient (Wildman–Crippen LogP) is 3.50.